The molecule has 0 amide bonds. The van der Waals surface area contributed by atoms with E-state index < -0.39 is 0 Å². The fraction of sp³-hybridized carbons (Fsp3) is 0.250. The van der Waals surface area contributed by atoms with E-state index in [-0.39, 0.29) is 0 Å². The number of hydrogen-bond acceptors (Lipinski definition) is 2. The van der Waals surface area contributed by atoms with Crippen LogP contribution in [0.4, 0.5) is 5.69 Å². The van der Waals surface area contributed by atoms with Crippen molar-refractivity contribution < 1.29 is 0 Å². The molecule has 0 spiro atoms. The number of hydrogen-bond donors (Lipinski definition) is 0. The first-order valence-corrected chi connectivity index (χ1v) is 5.15. The van der Waals surface area contributed by atoms with Crippen molar-refractivity contribution in [3.05, 3.63) is 42.0 Å². The van der Waals surface area contributed by atoms with Crippen molar-refractivity contribution in [3.8, 4) is 6.07 Å². The van der Waals surface area contributed by atoms with Crippen molar-refractivity contribution in [1.82, 2.24) is 0 Å². The van der Waals surface area contributed by atoms with Crippen LogP contribution in [0.2, 0.25) is 0 Å². The lowest BCUT2D eigenvalue weighted by molar-refractivity contribution is 0.985. The summed E-state index contributed by atoms with van der Waals surface area (Å²) >= 11 is 5.67. The molecule has 0 aliphatic heterocycles. The summed E-state index contributed by atoms with van der Waals surface area (Å²) in [5.74, 6) is 0.444. The molecule has 1 aromatic rings. The van der Waals surface area contributed by atoms with Gasteiger partial charge >= 0.3 is 0 Å². The second-order valence-corrected chi connectivity index (χ2v) is 3.64. The van der Waals surface area contributed by atoms with Gasteiger partial charge in [0.05, 0.1) is 11.3 Å². The molecule has 0 atom stereocenters. The standard InChI is InChI=1S/C12H13ClN2/c1-10(7-13)9-15(2)12-6-4-3-5-11(12)8-14/h3-6H,1,7,9H2,2H3. The fourth-order valence-corrected chi connectivity index (χ4v) is 1.45. The molecule has 1 aromatic carbocycles. The molecule has 0 aliphatic carbocycles. The predicted molar refractivity (Wildman–Crippen MR) is 64.3 cm³/mol. The molecule has 0 fully saturated rings. The minimum Gasteiger partial charge on any atom is -0.369 e. The maximum Gasteiger partial charge on any atom is 0.101 e. The van der Waals surface area contributed by atoms with E-state index in [4.69, 9.17) is 16.9 Å². The third kappa shape index (κ3) is 3.00. The molecule has 0 unspecified atom stereocenters. The van der Waals surface area contributed by atoms with E-state index in [2.05, 4.69) is 12.6 Å². The first-order valence-electron chi connectivity index (χ1n) is 4.62. The Bertz CT molecular complexity index is 393. The number of nitrogens with zero attached hydrogens (tertiary/aromatic N) is 2. The third-order valence-electron chi connectivity index (χ3n) is 2.09. The SMILES string of the molecule is C=C(CCl)CN(C)c1ccccc1C#N. The number of rotatable bonds is 4. The van der Waals surface area contributed by atoms with Gasteiger partial charge in [-0.05, 0) is 17.7 Å². The average molecular weight is 221 g/mol. The van der Waals surface area contributed by atoms with E-state index in [1.165, 1.54) is 0 Å². The Kier molecular flexibility index (Phi) is 4.20. The minimum absolute atomic E-state index is 0.444. The zero-order valence-corrected chi connectivity index (χ0v) is 9.46. The second-order valence-electron chi connectivity index (χ2n) is 3.37. The summed E-state index contributed by atoms with van der Waals surface area (Å²) < 4.78 is 0. The van der Waals surface area contributed by atoms with Crippen LogP contribution in [0.5, 0.6) is 0 Å². The summed E-state index contributed by atoms with van der Waals surface area (Å²) in [7, 11) is 1.92. The first kappa shape index (κ1) is 11.6. The largest absolute Gasteiger partial charge is 0.369 e. The van der Waals surface area contributed by atoms with Crippen molar-refractivity contribution in [2.45, 2.75) is 0 Å². The molecule has 0 bridgehead atoms. The number of benzene rings is 1. The first-order chi connectivity index (χ1) is 7.19. The van der Waals surface area contributed by atoms with Crippen LogP contribution >= 0.6 is 11.6 Å². The molecular formula is C12H13ClN2. The lowest BCUT2D eigenvalue weighted by Crippen LogP contribution is -2.21. The van der Waals surface area contributed by atoms with E-state index in [1.807, 2.05) is 30.1 Å². The highest BCUT2D eigenvalue weighted by molar-refractivity contribution is 6.19. The third-order valence-corrected chi connectivity index (χ3v) is 2.46. The molecule has 0 heterocycles. The Hall–Kier alpha value is -1.46. The van der Waals surface area contributed by atoms with E-state index in [0.29, 0.717) is 18.0 Å². The van der Waals surface area contributed by atoms with Crippen LogP contribution in [0, 0.1) is 11.3 Å². The number of nitriles is 1. The highest BCUT2D eigenvalue weighted by Crippen LogP contribution is 2.18. The quantitative estimate of drug-likeness (QED) is 0.576. The molecular weight excluding hydrogens is 208 g/mol. The summed E-state index contributed by atoms with van der Waals surface area (Å²) in [6.45, 7) is 4.51. The maximum atomic E-state index is 8.93. The van der Waals surface area contributed by atoms with Gasteiger partial charge in [0, 0.05) is 19.5 Å². The lowest BCUT2D eigenvalue weighted by Gasteiger charge is -2.20. The Morgan fingerprint density at radius 2 is 2.20 bits per heavy atom. The minimum atomic E-state index is 0.444. The van der Waals surface area contributed by atoms with Crippen molar-refractivity contribution >= 4 is 17.3 Å². The zero-order chi connectivity index (χ0) is 11.3. The van der Waals surface area contributed by atoms with Crippen LogP contribution < -0.4 is 4.90 Å². The van der Waals surface area contributed by atoms with Gasteiger partial charge in [-0.2, -0.15) is 5.26 Å². The zero-order valence-electron chi connectivity index (χ0n) is 8.70. The molecule has 0 saturated heterocycles. The summed E-state index contributed by atoms with van der Waals surface area (Å²) in [6.07, 6.45) is 0. The van der Waals surface area contributed by atoms with Gasteiger partial charge in [-0.25, -0.2) is 0 Å². The molecule has 1 rings (SSSR count). The molecule has 0 aliphatic rings. The number of likely N-dealkylation sites (N-methyl/N-ethyl adjacent to an activating group) is 1. The van der Waals surface area contributed by atoms with Crippen molar-refractivity contribution in [2.75, 3.05) is 24.4 Å². The van der Waals surface area contributed by atoms with Gasteiger partial charge in [-0.3, -0.25) is 0 Å². The summed E-state index contributed by atoms with van der Waals surface area (Å²) in [4.78, 5) is 1.98. The smallest absolute Gasteiger partial charge is 0.101 e. The molecule has 2 nitrogen and oxygen atoms in total. The van der Waals surface area contributed by atoms with Gasteiger partial charge in [0.15, 0.2) is 0 Å². The molecule has 0 radical (unpaired) electrons. The Morgan fingerprint density at radius 3 is 2.80 bits per heavy atom. The molecule has 78 valence electrons. The van der Waals surface area contributed by atoms with Crippen LogP contribution in [0.1, 0.15) is 5.56 Å². The van der Waals surface area contributed by atoms with Gasteiger partial charge in [-0.1, -0.05) is 18.7 Å². The van der Waals surface area contributed by atoms with Crippen LogP contribution in [0.3, 0.4) is 0 Å². The second kappa shape index (κ2) is 5.43. The summed E-state index contributed by atoms with van der Waals surface area (Å²) in [6, 6.07) is 9.65. The van der Waals surface area contributed by atoms with Crippen LogP contribution in [-0.2, 0) is 0 Å². The van der Waals surface area contributed by atoms with Crippen molar-refractivity contribution in [1.29, 1.82) is 5.26 Å². The van der Waals surface area contributed by atoms with Gasteiger partial charge in [0.2, 0.25) is 0 Å². The number of halogens is 1. The monoisotopic (exact) mass is 220 g/mol. The number of anilines is 1. The van der Waals surface area contributed by atoms with Crippen molar-refractivity contribution in [2.24, 2.45) is 0 Å². The fourth-order valence-electron chi connectivity index (χ4n) is 1.36. The van der Waals surface area contributed by atoms with Crippen LogP contribution in [-0.4, -0.2) is 19.5 Å². The van der Waals surface area contributed by atoms with E-state index >= 15 is 0 Å². The average Bonchev–Trinajstić information content (AvgIpc) is 2.28. The highest BCUT2D eigenvalue weighted by Gasteiger charge is 2.06. The molecule has 0 N–H and O–H groups in total. The normalized spacial score (nSPS) is 9.40. The molecule has 3 heteroatoms. The highest BCUT2D eigenvalue weighted by atomic mass is 35.5. The molecule has 0 aromatic heterocycles. The van der Waals surface area contributed by atoms with E-state index in [1.54, 1.807) is 6.07 Å². The van der Waals surface area contributed by atoms with Crippen LogP contribution in [0.25, 0.3) is 0 Å². The summed E-state index contributed by atoms with van der Waals surface area (Å²) in [5.41, 5.74) is 2.51. The lowest BCUT2D eigenvalue weighted by atomic mass is 10.1. The van der Waals surface area contributed by atoms with E-state index in [9.17, 15) is 0 Å². The summed E-state index contributed by atoms with van der Waals surface area (Å²) in [5, 5.41) is 8.93. The van der Waals surface area contributed by atoms with E-state index in [0.717, 1.165) is 11.3 Å². The van der Waals surface area contributed by atoms with Gasteiger partial charge in [-0.15, -0.1) is 11.6 Å². The Balaban J connectivity index is 2.87. The number of alkyl halides is 1. The Labute approximate surface area is 95.4 Å². The Morgan fingerprint density at radius 1 is 1.53 bits per heavy atom. The van der Waals surface area contributed by atoms with Gasteiger partial charge in [0.25, 0.3) is 0 Å². The number of para-hydroxylation sites is 1. The predicted octanol–water partition coefficient (Wildman–Crippen LogP) is 2.79. The van der Waals surface area contributed by atoms with Gasteiger partial charge in [0.1, 0.15) is 6.07 Å². The maximum absolute atomic E-state index is 8.93. The molecule has 15 heavy (non-hydrogen) atoms. The topological polar surface area (TPSA) is 27.0 Å². The van der Waals surface area contributed by atoms with Gasteiger partial charge < -0.3 is 4.90 Å². The molecule has 0 saturated carbocycles. The van der Waals surface area contributed by atoms with Crippen LogP contribution in [0.15, 0.2) is 36.4 Å². The van der Waals surface area contributed by atoms with Crippen molar-refractivity contribution in [3.63, 3.8) is 0 Å².